The normalized spacial score (nSPS) is 12.8. The summed E-state index contributed by atoms with van der Waals surface area (Å²) in [7, 11) is 0. The van der Waals surface area contributed by atoms with E-state index in [9.17, 15) is 9.90 Å². The molecule has 0 aromatic carbocycles. The Morgan fingerprint density at radius 2 is 2.33 bits per heavy atom. The monoisotopic (exact) mass is 210 g/mol. The molecule has 1 unspecified atom stereocenters. The number of hydrogen-bond acceptors (Lipinski definition) is 2. The van der Waals surface area contributed by atoms with E-state index in [4.69, 9.17) is 0 Å². The zero-order valence-corrected chi connectivity index (χ0v) is 9.16. The third-order valence-electron chi connectivity index (χ3n) is 2.08. The Bertz CT molecular complexity index is 294. The average molecular weight is 210 g/mol. The first-order chi connectivity index (χ1) is 7.09. The number of aromatic nitrogens is 1. The van der Waals surface area contributed by atoms with Crippen LogP contribution in [0, 0.1) is 5.92 Å². The first-order valence-electron chi connectivity index (χ1n) is 5.19. The first-order valence-corrected chi connectivity index (χ1v) is 5.19. The predicted molar refractivity (Wildman–Crippen MR) is 58.6 cm³/mol. The lowest BCUT2D eigenvalue weighted by Crippen LogP contribution is -2.32. The van der Waals surface area contributed by atoms with Gasteiger partial charge in [0.1, 0.15) is 5.69 Å². The topological polar surface area (TPSA) is 65.1 Å². The van der Waals surface area contributed by atoms with E-state index in [0.29, 0.717) is 24.6 Å². The quantitative estimate of drug-likeness (QED) is 0.682. The van der Waals surface area contributed by atoms with Gasteiger partial charge in [-0.25, -0.2) is 0 Å². The van der Waals surface area contributed by atoms with Crippen LogP contribution in [0.4, 0.5) is 0 Å². The van der Waals surface area contributed by atoms with Gasteiger partial charge in [0.2, 0.25) is 0 Å². The highest BCUT2D eigenvalue weighted by atomic mass is 16.3. The number of H-pyrrole nitrogens is 1. The number of aliphatic hydroxyl groups excluding tert-OH is 1. The van der Waals surface area contributed by atoms with Crippen LogP contribution in [0.3, 0.4) is 0 Å². The molecule has 0 saturated carbocycles. The highest BCUT2D eigenvalue weighted by molar-refractivity contribution is 5.92. The Labute approximate surface area is 89.7 Å². The van der Waals surface area contributed by atoms with Crippen LogP contribution in [0.15, 0.2) is 18.3 Å². The number of rotatable bonds is 5. The molecule has 1 aromatic rings. The SMILES string of the molecule is CC(C)CC(O)CNC(=O)c1ccc[nH]1. The van der Waals surface area contributed by atoms with Gasteiger partial charge in [0.05, 0.1) is 6.10 Å². The number of nitrogens with one attached hydrogen (secondary N) is 2. The maximum absolute atomic E-state index is 11.4. The Morgan fingerprint density at radius 3 is 2.87 bits per heavy atom. The summed E-state index contributed by atoms with van der Waals surface area (Å²) in [5, 5.41) is 12.2. The molecule has 1 rings (SSSR count). The minimum Gasteiger partial charge on any atom is -0.391 e. The number of hydrogen-bond donors (Lipinski definition) is 3. The van der Waals surface area contributed by atoms with E-state index in [-0.39, 0.29) is 5.91 Å². The molecule has 0 aliphatic rings. The largest absolute Gasteiger partial charge is 0.391 e. The average Bonchev–Trinajstić information content (AvgIpc) is 2.65. The summed E-state index contributed by atoms with van der Waals surface area (Å²) in [5.41, 5.74) is 0.520. The number of amides is 1. The summed E-state index contributed by atoms with van der Waals surface area (Å²) in [5.74, 6) is 0.255. The smallest absolute Gasteiger partial charge is 0.267 e. The Kier molecular flexibility index (Phi) is 4.37. The molecule has 0 bridgehead atoms. The van der Waals surface area contributed by atoms with E-state index in [2.05, 4.69) is 10.3 Å². The highest BCUT2D eigenvalue weighted by Crippen LogP contribution is 2.03. The molecular formula is C11H18N2O2. The fourth-order valence-electron chi connectivity index (χ4n) is 1.40. The van der Waals surface area contributed by atoms with E-state index in [1.807, 2.05) is 13.8 Å². The summed E-state index contributed by atoms with van der Waals surface area (Å²) in [6, 6.07) is 3.46. The molecule has 4 nitrogen and oxygen atoms in total. The summed E-state index contributed by atoms with van der Waals surface area (Å²) < 4.78 is 0. The van der Waals surface area contributed by atoms with Crippen molar-refractivity contribution in [1.82, 2.24) is 10.3 Å². The maximum atomic E-state index is 11.4. The molecule has 3 N–H and O–H groups in total. The van der Waals surface area contributed by atoms with E-state index in [1.165, 1.54) is 0 Å². The number of aliphatic hydroxyl groups is 1. The second-order valence-corrected chi connectivity index (χ2v) is 4.08. The molecule has 0 aliphatic carbocycles. The van der Waals surface area contributed by atoms with Crippen molar-refractivity contribution in [3.8, 4) is 0 Å². The fraction of sp³-hybridized carbons (Fsp3) is 0.545. The van der Waals surface area contributed by atoms with Crippen LogP contribution < -0.4 is 5.32 Å². The Hall–Kier alpha value is -1.29. The third-order valence-corrected chi connectivity index (χ3v) is 2.08. The van der Waals surface area contributed by atoms with Gasteiger partial charge in [-0.15, -0.1) is 0 Å². The number of carbonyl (C=O) groups excluding carboxylic acids is 1. The summed E-state index contributed by atoms with van der Waals surface area (Å²) in [4.78, 5) is 14.3. The minimum atomic E-state index is -0.469. The number of aromatic amines is 1. The van der Waals surface area contributed by atoms with Crippen molar-refractivity contribution in [2.75, 3.05) is 6.54 Å². The van der Waals surface area contributed by atoms with Crippen LogP contribution in [0.5, 0.6) is 0 Å². The van der Waals surface area contributed by atoms with Crippen LogP contribution in [0.1, 0.15) is 30.8 Å². The molecule has 0 radical (unpaired) electrons. The van der Waals surface area contributed by atoms with Crippen molar-refractivity contribution < 1.29 is 9.90 Å². The van der Waals surface area contributed by atoms with Crippen LogP contribution in [-0.2, 0) is 0 Å². The molecule has 15 heavy (non-hydrogen) atoms. The first kappa shape index (κ1) is 11.8. The van der Waals surface area contributed by atoms with Crippen LogP contribution in [0.2, 0.25) is 0 Å². The van der Waals surface area contributed by atoms with Crippen molar-refractivity contribution in [2.45, 2.75) is 26.4 Å². The van der Waals surface area contributed by atoms with Crippen molar-refractivity contribution >= 4 is 5.91 Å². The zero-order valence-electron chi connectivity index (χ0n) is 9.16. The van der Waals surface area contributed by atoms with Crippen molar-refractivity contribution in [2.24, 2.45) is 5.92 Å². The third kappa shape index (κ3) is 4.16. The second-order valence-electron chi connectivity index (χ2n) is 4.08. The number of carbonyl (C=O) groups is 1. The van der Waals surface area contributed by atoms with Gasteiger partial charge in [-0.05, 0) is 24.5 Å². The fourth-order valence-corrected chi connectivity index (χ4v) is 1.40. The van der Waals surface area contributed by atoms with Crippen molar-refractivity contribution in [3.63, 3.8) is 0 Å². The Balaban J connectivity index is 2.28. The molecule has 4 heteroatoms. The Morgan fingerprint density at radius 1 is 1.60 bits per heavy atom. The van der Waals surface area contributed by atoms with Gasteiger partial charge in [-0.3, -0.25) is 4.79 Å². The molecule has 0 spiro atoms. The minimum absolute atomic E-state index is 0.178. The summed E-state index contributed by atoms with van der Waals surface area (Å²) >= 11 is 0. The van der Waals surface area contributed by atoms with Gasteiger partial charge in [0, 0.05) is 12.7 Å². The van der Waals surface area contributed by atoms with Crippen molar-refractivity contribution in [1.29, 1.82) is 0 Å². The van der Waals surface area contributed by atoms with Crippen LogP contribution in [0.25, 0.3) is 0 Å². The molecule has 1 aromatic heterocycles. The predicted octanol–water partition coefficient (Wildman–Crippen LogP) is 1.15. The van der Waals surface area contributed by atoms with Gasteiger partial charge in [-0.2, -0.15) is 0 Å². The highest BCUT2D eigenvalue weighted by Gasteiger charge is 2.10. The molecule has 0 aliphatic heterocycles. The lowest BCUT2D eigenvalue weighted by Gasteiger charge is -2.13. The van der Waals surface area contributed by atoms with Crippen LogP contribution >= 0.6 is 0 Å². The van der Waals surface area contributed by atoms with E-state index < -0.39 is 6.10 Å². The lowest BCUT2D eigenvalue weighted by atomic mass is 10.1. The molecule has 1 amide bonds. The molecule has 1 atom stereocenters. The summed E-state index contributed by atoms with van der Waals surface area (Å²) in [6.45, 7) is 4.38. The molecule has 0 saturated heterocycles. The van der Waals surface area contributed by atoms with Gasteiger partial charge >= 0.3 is 0 Å². The van der Waals surface area contributed by atoms with Gasteiger partial charge in [0.15, 0.2) is 0 Å². The maximum Gasteiger partial charge on any atom is 0.267 e. The van der Waals surface area contributed by atoms with E-state index in [0.717, 1.165) is 0 Å². The van der Waals surface area contributed by atoms with E-state index >= 15 is 0 Å². The lowest BCUT2D eigenvalue weighted by molar-refractivity contribution is 0.0896. The molecular weight excluding hydrogens is 192 g/mol. The second kappa shape index (κ2) is 5.56. The van der Waals surface area contributed by atoms with Gasteiger partial charge in [0.25, 0.3) is 5.91 Å². The van der Waals surface area contributed by atoms with Crippen molar-refractivity contribution in [3.05, 3.63) is 24.0 Å². The van der Waals surface area contributed by atoms with Gasteiger partial charge in [-0.1, -0.05) is 13.8 Å². The summed E-state index contributed by atoms with van der Waals surface area (Å²) in [6.07, 6.45) is 1.92. The molecule has 1 heterocycles. The molecule has 84 valence electrons. The molecule has 0 fully saturated rings. The van der Waals surface area contributed by atoms with Crippen LogP contribution in [-0.4, -0.2) is 28.6 Å². The van der Waals surface area contributed by atoms with E-state index in [1.54, 1.807) is 18.3 Å². The van der Waals surface area contributed by atoms with Gasteiger partial charge < -0.3 is 15.4 Å². The standard InChI is InChI=1S/C11H18N2O2/c1-8(2)6-9(14)7-13-11(15)10-4-3-5-12-10/h3-5,8-9,12,14H,6-7H2,1-2H3,(H,13,15). The zero-order chi connectivity index (χ0) is 11.3.